The Labute approximate surface area is 128 Å². The first-order valence-electron chi connectivity index (χ1n) is 4.85. The van der Waals surface area contributed by atoms with Crippen LogP contribution < -0.4 is 4.72 Å². The average molecular weight is 383 g/mol. The summed E-state index contributed by atoms with van der Waals surface area (Å²) in [7, 11) is -3.82. The summed E-state index contributed by atoms with van der Waals surface area (Å²) in [4.78, 5) is -0.0471. The Hall–Kier alpha value is -0.890. The molecule has 0 aliphatic heterocycles. The second-order valence-electron chi connectivity index (χ2n) is 3.42. The Bertz CT molecular complexity index is 707. The van der Waals surface area contributed by atoms with Crippen molar-refractivity contribution in [1.82, 2.24) is 10.2 Å². The molecule has 100 valence electrons. The number of hydrogen-bond donors (Lipinski definition) is 1. The number of sulfonamides is 1. The maximum Gasteiger partial charge on any atom is 0.264 e. The van der Waals surface area contributed by atoms with E-state index in [4.69, 9.17) is 23.2 Å². The van der Waals surface area contributed by atoms with Crippen molar-refractivity contribution in [1.29, 1.82) is 0 Å². The maximum atomic E-state index is 12.1. The molecule has 0 saturated heterocycles. The van der Waals surface area contributed by atoms with Crippen LogP contribution in [0.25, 0.3) is 0 Å². The third-order valence-corrected chi connectivity index (χ3v) is 4.59. The van der Waals surface area contributed by atoms with Gasteiger partial charge in [0.2, 0.25) is 0 Å². The van der Waals surface area contributed by atoms with Crippen molar-refractivity contribution in [3.05, 3.63) is 45.0 Å². The van der Waals surface area contributed by atoms with Gasteiger partial charge in [-0.05, 0) is 30.3 Å². The van der Waals surface area contributed by atoms with Crippen LogP contribution in [0.15, 0.2) is 39.7 Å². The van der Waals surface area contributed by atoms with Crippen molar-refractivity contribution in [2.24, 2.45) is 0 Å². The van der Waals surface area contributed by atoms with Gasteiger partial charge in [-0.25, -0.2) is 8.42 Å². The molecular weight excluding hydrogens is 377 g/mol. The van der Waals surface area contributed by atoms with Crippen molar-refractivity contribution >= 4 is 55.0 Å². The lowest BCUT2D eigenvalue weighted by atomic mass is 10.4. The van der Waals surface area contributed by atoms with E-state index in [1.807, 2.05) is 0 Å². The summed E-state index contributed by atoms with van der Waals surface area (Å²) in [6.45, 7) is 0. The highest BCUT2D eigenvalue weighted by Crippen LogP contribution is 2.26. The molecule has 5 nitrogen and oxygen atoms in total. The summed E-state index contributed by atoms with van der Waals surface area (Å²) in [5, 5.41) is 7.42. The summed E-state index contributed by atoms with van der Waals surface area (Å²) in [6, 6.07) is 7.28. The van der Waals surface area contributed by atoms with E-state index in [0.29, 0.717) is 4.47 Å². The first-order chi connectivity index (χ1) is 8.88. The monoisotopic (exact) mass is 381 g/mol. The van der Waals surface area contributed by atoms with E-state index < -0.39 is 10.0 Å². The highest BCUT2D eigenvalue weighted by Gasteiger charge is 2.18. The highest BCUT2D eigenvalue weighted by atomic mass is 79.9. The zero-order valence-electron chi connectivity index (χ0n) is 9.14. The predicted octanol–water partition coefficient (Wildman–Crippen LogP) is 3.35. The molecule has 1 aromatic heterocycles. The molecule has 0 bridgehead atoms. The molecule has 1 heterocycles. The molecule has 0 radical (unpaired) electrons. The van der Waals surface area contributed by atoms with Gasteiger partial charge in [0.15, 0.2) is 11.0 Å². The number of aromatic nitrogens is 2. The molecule has 0 fully saturated rings. The van der Waals surface area contributed by atoms with Crippen molar-refractivity contribution < 1.29 is 8.42 Å². The average Bonchev–Trinajstić information content (AvgIpc) is 2.31. The molecule has 19 heavy (non-hydrogen) atoms. The summed E-state index contributed by atoms with van der Waals surface area (Å²) in [6.07, 6.45) is 0. The van der Waals surface area contributed by atoms with E-state index in [1.165, 1.54) is 24.3 Å². The minimum Gasteiger partial charge on any atom is -0.262 e. The summed E-state index contributed by atoms with van der Waals surface area (Å²) < 4.78 is 27.2. The molecule has 2 aromatic rings. The number of nitrogens with one attached hydrogen (secondary N) is 1. The highest BCUT2D eigenvalue weighted by molar-refractivity contribution is 9.10. The molecule has 0 spiro atoms. The Morgan fingerprint density at radius 3 is 2.42 bits per heavy atom. The molecule has 0 saturated carbocycles. The van der Waals surface area contributed by atoms with Gasteiger partial charge in [0.25, 0.3) is 10.0 Å². The minimum atomic E-state index is -3.82. The van der Waals surface area contributed by atoms with Crippen molar-refractivity contribution in [3.63, 3.8) is 0 Å². The van der Waals surface area contributed by atoms with Crippen molar-refractivity contribution in [2.45, 2.75) is 4.90 Å². The van der Waals surface area contributed by atoms with Gasteiger partial charge in [0, 0.05) is 4.47 Å². The number of rotatable bonds is 3. The molecule has 0 aliphatic rings. The van der Waals surface area contributed by atoms with Gasteiger partial charge < -0.3 is 0 Å². The number of anilines is 1. The van der Waals surface area contributed by atoms with Gasteiger partial charge in [0.05, 0.1) is 5.02 Å². The third-order valence-electron chi connectivity index (χ3n) is 2.05. The van der Waals surface area contributed by atoms with Gasteiger partial charge in [0.1, 0.15) is 4.90 Å². The van der Waals surface area contributed by atoms with Crippen LogP contribution in [0.4, 0.5) is 5.82 Å². The lowest BCUT2D eigenvalue weighted by Gasteiger charge is -2.08. The molecule has 0 unspecified atom stereocenters. The van der Waals surface area contributed by atoms with E-state index in [2.05, 4.69) is 30.8 Å². The molecule has 1 N–H and O–H groups in total. The van der Waals surface area contributed by atoms with Gasteiger partial charge >= 0.3 is 0 Å². The Morgan fingerprint density at radius 2 is 1.84 bits per heavy atom. The van der Waals surface area contributed by atoms with Crippen LogP contribution in [0.5, 0.6) is 0 Å². The molecular formula is C10H6BrCl2N3O2S. The Balaban J connectivity index is 2.35. The standard InChI is InChI=1S/C10H6BrCl2N3O2S/c11-6-1-2-8(7(12)5-6)19(17,18)16-10-4-3-9(13)14-15-10/h1-5H,(H,15,16). The van der Waals surface area contributed by atoms with Crippen LogP contribution in [-0.2, 0) is 10.0 Å². The molecule has 9 heteroatoms. The smallest absolute Gasteiger partial charge is 0.262 e. The maximum absolute atomic E-state index is 12.1. The summed E-state index contributed by atoms with van der Waals surface area (Å²) >= 11 is 14.7. The first kappa shape index (κ1) is 14.5. The van der Waals surface area contributed by atoms with Crippen LogP contribution in [-0.4, -0.2) is 18.6 Å². The third kappa shape index (κ3) is 3.56. The minimum absolute atomic E-state index is 0.0471. The summed E-state index contributed by atoms with van der Waals surface area (Å²) in [5.74, 6) is 0.0587. The second kappa shape index (κ2) is 5.62. The zero-order chi connectivity index (χ0) is 14.0. The molecule has 0 atom stereocenters. The fraction of sp³-hybridized carbons (Fsp3) is 0. The van der Waals surface area contributed by atoms with Gasteiger partial charge in [-0.3, -0.25) is 4.72 Å². The lowest BCUT2D eigenvalue weighted by molar-refractivity contribution is 0.601. The van der Waals surface area contributed by atoms with E-state index in [9.17, 15) is 8.42 Å². The molecule has 0 aliphatic carbocycles. The largest absolute Gasteiger partial charge is 0.264 e. The van der Waals surface area contributed by atoms with Gasteiger partial charge in [-0.2, -0.15) is 0 Å². The predicted molar refractivity (Wildman–Crippen MR) is 77.0 cm³/mol. The van der Waals surface area contributed by atoms with Gasteiger partial charge in [-0.1, -0.05) is 39.1 Å². The Kier molecular flexibility index (Phi) is 4.29. The lowest BCUT2D eigenvalue weighted by Crippen LogP contribution is -2.14. The fourth-order valence-electron chi connectivity index (χ4n) is 1.26. The molecule has 1 aromatic carbocycles. The van der Waals surface area contributed by atoms with E-state index in [1.54, 1.807) is 6.07 Å². The van der Waals surface area contributed by atoms with E-state index >= 15 is 0 Å². The van der Waals surface area contributed by atoms with E-state index in [0.717, 1.165) is 0 Å². The summed E-state index contributed by atoms with van der Waals surface area (Å²) in [5.41, 5.74) is 0. The van der Waals surface area contributed by atoms with Gasteiger partial charge in [-0.15, -0.1) is 10.2 Å². The van der Waals surface area contributed by atoms with Crippen LogP contribution >= 0.6 is 39.1 Å². The van der Waals surface area contributed by atoms with Crippen LogP contribution in [0, 0.1) is 0 Å². The number of nitrogens with zero attached hydrogens (tertiary/aromatic N) is 2. The zero-order valence-corrected chi connectivity index (χ0v) is 13.1. The number of benzene rings is 1. The topological polar surface area (TPSA) is 72.0 Å². The van der Waals surface area contributed by atoms with Crippen LogP contribution in [0.3, 0.4) is 0 Å². The quantitative estimate of drug-likeness (QED) is 0.883. The van der Waals surface area contributed by atoms with Crippen LogP contribution in [0.1, 0.15) is 0 Å². The normalized spacial score (nSPS) is 11.3. The number of hydrogen-bond acceptors (Lipinski definition) is 4. The fourth-order valence-corrected chi connectivity index (χ4v) is 3.39. The molecule has 2 rings (SSSR count). The number of halogens is 3. The SMILES string of the molecule is O=S(=O)(Nc1ccc(Cl)nn1)c1ccc(Br)cc1Cl. The van der Waals surface area contributed by atoms with Crippen molar-refractivity contribution in [3.8, 4) is 0 Å². The Morgan fingerprint density at radius 1 is 1.11 bits per heavy atom. The van der Waals surface area contributed by atoms with Crippen molar-refractivity contribution in [2.75, 3.05) is 4.72 Å². The van der Waals surface area contributed by atoms with E-state index in [-0.39, 0.29) is 20.9 Å². The first-order valence-corrected chi connectivity index (χ1v) is 7.89. The molecule has 0 amide bonds. The van der Waals surface area contributed by atoms with Crippen LogP contribution in [0.2, 0.25) is 10.2 Å². The second-order valence-corrected chi connectivity index (χ2v) is 6.78.